The van der Waals surface area contributed by atoms with Crippen LogP contribution in [0.2, 0.25) is 0 Å². The van der Waals surface area contributed by atoms with E-state index in [0.717, 1.165) is 39.1 Å². The molecule has 1 N–H and O–H groups in total. The molecular formula is C9H17NO2. The molecule has 0 aliphatic carbocycles. The van der Waals surface area contributed by atoms with Crippen molar-refractivity contribution in [3.05, 3.63) is 0 Å². The number of ether oxygens (including phenoxy) is 2. The fraction of sp³-hybridized carbons (Fsp3) is 1.00. The van der Waals surface area contributed by atoms with Gasteiger partial charge in [0.05, 0.1) is 12.7 Å². The smallest absolute Gasteiger partial charge is 0.104 e. The van der Waals surface area contributed by atoms with Gasteiger partial charge in [-0.1, -0.05) is 0 Å². The van der Waals surface area contributed by atoms with E-state index in [2.05, 4.69) is 12.2 Å². The molecule has 2 fully saturated rings. The van der Waals surface area contributed by atoms with Gasteiger partial charge in [-0.2, -0.15) is 0 Å². The lowest BCUT2D eigenvalue weighted by Crippen LogP contribution is -2.57. The van der Waals surface area contributed by atoms with E-state index < -0.39 is 0 Å². The molecule has 2 unspecified atom stereocenters. The number of rotatable bonds is 0. The molecule has 2 aliphatic heterocycles. The fourth-order valence-electron chi connectivity index (χ4n) is 2.07. The Bertz CT molecular complexity index is 149. The average Bonchev–Trinajstić information content (AvgIpc) is 2.05. The Labute approximate surface area is 73.4 Å². The van der Waals surface area contributed by atoms with E-state index in [1.165, 1.54) is 0 Å². The van der Waals surface area contributed by atoms with Crippen LogP contribution in [0, 0.1) is 0 Å². The second kappa shape index (κ2) is 3.32. The number of hydrogen-bond acceptors (Lipinski definition) is 3. The van der Waals surface area contributed by atoms with Crippen molar-refractivity contribution in [3.8, 4) is 0 Å². The third-order valence-corrected chi connectivity index (χ3v) is 2.62. The minimum atomic E-state index is -0.00405. The monoisotopic (exact) mass is 171 g/mol. The van der Waals surface area contributed by atoms with Gasteiger partial charge in [-0.3, -0.25) is 0 Å². The summed E-state index contributed by atoms with van der Waals surface area (Å²) < 4.78 is 11.4. The molecule has 2 rings (SSSR count). The molecule has 0 amide bonds. The summed E-state index contributed by atoms with van der Waals surface area (Å²) in [6.45, 7) is 5.71. The number of nitrogens with one attached hydrogen (secondary N) is 1. The van der Waals surface area contributed by atoms with E-state index in [-0.39, 0.29) is 5.60 Å². The first-order valence-electron chi connectivity index (χ1n) is 4.77. The van der Waals surface area contributed by atoms with Crippen molar-refractivity contribution in [2.24, 2.45) is 0 Å². The number of hydrogen-bond donors (Lipinski definition) is 1. The normalized spacial score (nSPS) is 43.2. The minimum absolute atomic E-state index is 0.00405. The van der Waals surface area contributed by atoms with Crippen molar-refractivity contribution in [1.82, 2.24) is 5.32 Å². The molecule has 2 heterocycles. The van der Waals surface area contributed by atoms with Crippen LogP contribution < -0.4 is 5.32 Å². The molecule has 2 atom stereocenters. The van der Waals surface area contributed by atoms with E-state index >= 15 is 0 Å². The second-order valence-electron chi connectivity index (χ2n) is 3.90. The highest BCUT2D eigenvalue weighted by molar-refractivity contribution is 4.90. The van der Waals surface area contributed by atoms with E-state index in [4.69, 9.17) is 9.47 Å². The van der Waals surface area contributed by atoms with Crippen molar-refractivity contribution in [1.29, 1.82) is 0 Å². The highest BCUT2D eigenvalue weighted by Crippen LogP contribution is 2.26. The first kappa shape index (κ1) is 8.48. The summed E-state index contributed by atoms with van der Waals surface area (Å²) in [5.74, 6) is 0. The van der Waals surface area contributed by atoms with Crippen molar-refractivity contribution in [2.75, 3.05) is 26.3 Å². The third kappa shape index (κ3) is 1.63. The zero-order valence-electron chi connectivity index (χ0n) is 7.64. The Kier molecular flexibility index (Phi) is 2.35. The van der Waals surface area contributed by atoms with Crippen LogP contribution in [0.5, 0.6) is 0 Å². The maximum Gasteiger partial charge on any atom is 0.104 e. The topological polar surface area (TPSA) is 30.5 Å². The summed E-state index contributed by atoms with van der Waals surface area (Å²) in [7, 11) is 0. The van der Waals surface area contributed by atoms with Gasteiger partial charge < -0.3 is 14.8 Å². The molecule has 2 aliphatic rings. The van der Waals surface area contributed by atoms with E-state index in [0.29, 0.717) is 6.10 Å². The summed E-state index contributed by atoms with van der Waals surface area (Å²) in [5.41, 5.74) is -0.00405. The first-order chi connectivity index (χ1) is 5.81. The van der Waals surface area contributed by atoms with Crippen LogP contribution in [0.1, 0.15) is 19.8 Å². The zero-order valence-corrected chi connectivity index (χ0v) is 7.64. The lowest BCUT2D eigenvalue weighted by molar-refractivity contribution is -0.167. The summed E-state index contributed by atoms with van der Waals surface area (Å²) in [5, 5.41) is 3.39. The summed E-state index contributed by atoms with van der Waals surface area (Å²) in [4.78, 5) is 0. The van der Waals surface area contributed by atoms with Crippen LogP contribution in [-0.2, 0) is 9.47 Å². The largest absolute Gasteiger partial charge is 0.378 e. The molecule has 12 heavy (non-hydrogen) atoms. The first-order valence-corrected chi connectivity index (χ1v) is 4.77. The Balaban J connectivity index is 1.97. The molecule has 3 heteroatoms. The molecule has 70 valence electrons. The van der Waals surface area contributed by atoms with Gasteiger partial charge in [0.1, 0.15) is 5.60 Å². The highest BCUT2D eigenvalue weighted by atomic mass is 16.6. The van der Waals surface area contributed by atoms with Crippen LogP contribution in [0.25, 0.3) is 0 Å². The summed E-state index contributed by atoms with van der Waals surface area (Å²) in [6.07, 6.45) is 2.61. The molecule has 0 bridgehead atoms. The van der Waals surface area contributed by atoms with Gasteiger partial charge in [-0.05, 0) is 19.8 Å². The zero-order chi connectivity index (χ0) is 8.44. The van der Waals surface area contributed by atoms with Gasteiger partial charge in [0.25, 0.3) is 0 Å². The molecule has 0 aromatic rings. The standard InChI is InChI=1S/C9H17NO2/c1-8-5-10-6-9(12-8)3-2-4-11-7-9/h8,10H,2-7H2,1H3. The van der Waals surface area contributed by atoms with E-state index in [1.54, 1.807) is 0 Å². The summed E-state index contributed by atoms with van der Waals surface area (Å²) >= 11 is 0. The van der Waals surface area contributed by atoms with Crippen LogP contribution >= 0.6 is 0 Å². The van der Waals surface area contributed by atoms with E-state index in [9.17, 15) is 0 Å². The molecule has 0 aromatic carbocycles. The minimum Gasteiger partial charge on any atom is -0.378 e. The Morgan fingerprint density at radius 2 is 2.42 bits per heavy atom. The maximum atomic E-state index is 5.93. The molecule has 0 saturated carbocycles. The molecule has 0 aromatic heterocycles. The second-order valence-corrected chi connectivity index (χ2v) is 3.90. The molecule has 2 saturated heterocycles. The molecular weight excluding hydrogens is 154 g/mol. The van der Waals surface area contributed by atoms with Gasteiger partial charge in [-0.15, -0.1) is 0 Å². The Hall–Kier alpha value is -0.120. The van der Waals surface area contributed by atoms with Gasteiger partial charge in [0.15, 0.2) is 0 Å². The average molecular weight is 171 g/mol. The maximum absolute atomic E-state index is 5.93. The third-order valence-electron chi connectivity index (χ3n) is 2.62. The molecule has 3 nitrogen and oxygen atoms in total. The SMILES string of the molecule is CC1CNCC2(CCCOC2)O1. The Morgan fingerprint density at radius 3 is 3.08 bits per heavy atom. The lowest BCUT2D eigenvalue weighted by Gasteiger charge is -2.42. The van der Waals surface area contributed by atoms with Crippen molar-refractivity contribution < 1.29 is 9.47 Å². The van der Waals surface area contributed by atoms with Crippen LogP contribution in [0.15, 0.2) is 0 Å². The van der Waals surface area contributed by atoms with Gasteiger partial charge in [0, 0.05) is 19.7 Å². The fourth-order valence-corrected chi connectivity index (χ4v) is 2.07. The van der Waals surface area contributed by atoms with Crippen LogP contribution in [0.3, 0.4) is 0 Å². The highest BCUT2D eigenvalue weighted by Gasteiger charge is 2.37. The lowest BCUT2D eigenvalue weighted by atomic mass is 9.94. The quantitative estimate of drug-likeness (QED) is 0.577. The van der Waals surface area contributed by atoms with Gasteiger partial charge >= 0.3 is 0 Å². The van der Waals surface area contributed by atoms with Gasteiger partial charge in [0.2, 0.25) is 0 Å². The van der Waals surface area contributed by atoms with Crippen molar-refractivity contribution >= 4 is 0 Å². The van der Waals surface area contributed by atoms with Crippen molar-refractivity contribution in [3.63, 3.8) is 0 Å². The Morgan fingerprint density at radius 1 is 1.50 bits per heavy atom. The predicted molar refractivity (Wildman–Crippen MR) is 46.2 cm³/mol. The molecule has 1 spiro atoms. The number of morpholine rings is 1. The van der Waals surface area contributed by atoms with Crippen molar-refractivity contribution in [2.45, 2.75) is 31.5 Å². The van der Waals surface area contributed by atoms with Crippen LogP contribution in [-0.4, -0.2) is 38.0 Å². The summed E-state index contributed by atoms with van der Waals surface area (Å²) in [6, 6.07) is 0. The van der Waals surface area contributed by atoms with Crippen LogP contribution in [0.4, 0.5) is 0 Å². The molecule has 0 radical (unpaired) electrons. The van der Waals surface area contributed by atoms with E-state index in [1.807, 2.05) is 0 Å². The predicted octanol–water partition coefficient (Wildman–Crippen LogP) is 0.544. The van der Waals surface area contributed by atoms with Gasteiger partial charge in [-0.25, -0.2) is 0 Å².